The zero-order chi connectivity index (χ0) is 12.5. The maximum absolute atomic E-state index is 6.23. The minimum absolute atomic E-state index is 0.0122. The summed E-state index contributed by atoms with van der Waals surface area (Å²) in [7, 11) is 0. The summed E-state index contributed by atoms with van der Waals surface area (Å²) in [4.78, 5) is 0. The van der Waals surface area contributed by atoms with E-state index in [-0.39, 0.29) is 11.6 Å². The minimum Gasteiger partial charge on any atom is -0.493 e. The van der Waals surface area contributed by atoms with Crippen LogP contribution in [0.25, 0.3) is 0 Å². The third kappa shape index (κ3) is 2.55. The molecule has 0 bridgehead atoms. The van der Waals surface area contributed by atoms with Gasteiger partial charge in [-0.3, -0.25) is 0 Å². The van der Waals surface area contributed by atoms with E-state index in [0.717, 1.165) is 29.9 Å². The number of hydrogen-bond donors (Lipinski definition) is 1. The van der Waals surface area contributed by atoms with Crippen molar-refractivity contribution in [2.24, 2.45) is 5.73 Å². The maximum atomic E-state index is 6.23. The monoisotopic (exact) mass is 235 g/mol. The van der Waals surface area contributed by atoms with E-state index in [2.05, 4.69) is 20.8 Å². The highest BCUT2D eigenvalue weighted by atomic mass is 16.5. The summed E-state index contributed by atoms with van der Waals surface area (Å²) in [6.07, 6.45) is 1.80. The van der Waals surface area contributed by atoms with Gasteiger partial charge in [-0.1, -0.05) is 13.0 Å². The first-order valence-electron chi connectivity index (χ1n) is 6.24. The molecule has 1 aromatic carbocycles. The summed E-state index contributed by atoms with van der Waals surface area (Å²) in [5.74, 6) is 1.73. The van der Waals surface area contributed by atoms with E-state index in [9.17, 15) is 0 Å². The number of rotatable bonds is 3. The second-order valence-electron chi connectivity index (χ2n) is 5.19. The van der Waals surface area contributed by atoms with Gasteiger partial charge in [0.25, 0.3) is 0 Å². The van der Waals surface area contributed by atoms with Crippen molar-refractivity contribution in [2.45, 2.75) is 45.3 Å². The van der Waals surface area contributed by atoms with E-state index in [1.807, 2.05) is 18.2 Å². The predicted molar refractivity (Wildman–Crippen MR) is 68.5 cm³/mol. The topological polar surface area (TPSA) is 44.5 Å². The van der Waals surface area contributed by atoms with Crippen LogP contribution in [-0.4, -0.2) is 12.2 Å². The third-order valence-electron chi connectivity index (χ3n) is 2.96. The van der Waals surface area contributed by atoms with E-state index < -0.39 is 0 Å². The Hall–Kier alpha value is -1.22. The molecule has 0 aromatic heterocycles. The Morgan fingerprint density at radius 1 is 1.47 bits per heavy atom. The summed E-state index contributed by atoms with van der Waals surface area (Å²) in [5, 5.41) is 0. The van der Waals surface area contributed by atoms with Crippen LogP contribution in [0.15, 0.2) is 18.2 Å². The van der Waals surface area contributed by atoms with Gasteiger partial charge in [-0.15, -0.1) is 0 Å². The van der Waals surface area contributed by atoms with Crippen molar-refractivity contribution < 1.29 is 9.47 Å². The summed E-state index contributed by atoms with van der Waals surface area (Å²) >= 11 is 0. The molecule has 1 aromatic rings. The third-order valence-corrected chi connectivity index (χ3v) is 2.96. The van der Waals surface area contributed by atoms with Crippen LogP contribution in [0.1, 0.15) is 45.2 Å². The van der Waals surface area contributed by atoms with Gasteiger partial charge in [0, 0.05) is 12.5 Å². The Morgan fingerprint density at radius 3 is 2.94 bits per heavy atom. The van der Waals surface area contributed by atoms with Crippen molar-refractivity contribution in [1.82, 2.24) is 0 Å². The molecule has 0 saturated carbocycles. The van der Waals surface area contributed by atoms with Crippen LogP contribution in [0.3, 0.4) is 0 Å². The van der Waals surface area contributed by atoms with Crippen LogP contribution < -0.4 is 15.2 Å². The van der Waals surface area contributed by atoms with Gasteiger partial charge in [0.1, 0.15) is 17.1 Å². The molecule has 0 fully saturated rings. The fourth-order valence-corrected chi connectivity index (χ4v) is 2.29. The maximum Gasteiger partial charge on any atom is 0.128 e. The highest BCUT2D eigenvalue weighted by molar-refractivity contribution is 5.48. The molecule has 0 amide bonds. The van der Waals surface area contributed by atoms with Crippen molar-refractivity contribution in [3.05, 3.63) is 23.8 Å². The SMILES string of the molecule is CCCOc1cccc2c1C(N)CC(C)(C)O2. The molecular weight excluding hydrogens is 214 g/mol. The molecule has 1 aliphatic heterocycles. The van der Waals surface area contributed by atoms with Crippen molar-refractivity contribution in [1.29, 1.82) is 0 Å². The molecule has 17 heavy (non-hydrogen) atoms. The smallest absolute Gasteiger partial charge is 0.128 e. The molecular formula is C14H21NO2. The highest BCUT2D eigenvalue weighted by Gasteiger charge is 2.33. The van der Waals surface area contributed by atoms with E-state index >= 15 is 0 Å². The molecule has 1 unspecified atom stereocenters. The second kappa shape index (κ2) is 4.57. The summed E-state index contributed by atoms with van der Waals surface area (Å²) in [6, 6.07) is 5.88. The Kier molecular flexibility index (Phi) is 3.29. The Labute approximate surface area is 103 Å². The lowest BCUT2D eigenvalue weighted by molar-refractivity contribution is 0.0713. The molecule has 3 nitrogen and oxygen atoms in total. The lowest BCUT2D eigenvalue weighted by Gasteiger charge is -2.36. The first kappa shape index (κ1) is 12.2. The molecule has 0 radical (unpaired) electrons. The van der Waals surface area contributed by atoms with Crippen molar-refractivity contribution in [2.75, 3.05) is 6.61 Å². The van der Waals surface area contributed by atoms with Crippen molar-refractivity contribution in [3.8, 4) is 11.5 Å². The van der Waals surface area contributed by atoms with Crippen molar-refractivity contribution in [3.63, 3.8) is 0 Å². The number of nitrogens with two attached hydrogens (primary N) is 1. The Bertz CT molecular complexity index is 401. The molecule has 94 valence electrons. The summed E-state index contributed by atoms with van der Waals surface area (Å²) in [6.45, 7) is 6.94. The van der Waals surface area contributed by atoms with Gasteiger partial charge in [0.2, 0.25) is 0 Å². The van der Waals surface area contributed by atoms with Crippen LogP contribution in [0.4, 0.5) is 0 Å². The van der Waals surface area contributed by atoms with E-state index in [4.69, 9.17) is 15.2 Å². The van der Waals surface area contributed by atoms with Crippen LogP contribution in [0.5, 0.6) is 11.5 Å². The van der Waals surface area contributed by atoms with Crippen molar-refractivity contribution >= 4 is 0 Å². The molecule has 2 rings (SSSR count). The molecule has 0 spiro atoms. The Morgan fingerprint density at radius 2 is 2.24 bits per heavy atom. The van der Waals surface area contributed by atoms with Gasteiger partial charge in [0.05, 0.1) is 12.2 Å². The number of hydrogen-bond acceptors (Lipinski definition) is 3. The van der Waals surface area contributed by atoms with Gasteiger partial charge in [0.15, 0.2) is 0 Å². The average Bonchev–Trinajstić information content (AvgIpc) is 2.23. The van der Waals surface area contributed by atoms with Crippen LogP contribution >= 0.6 is 0 Å². The van der Waals surface area contributed by atoms with E-state index in [0.29, 0.717) is 6.61 Å². The lowest BCUT2D eigenvalue weighted by atomic mass is 9.90. The van der Waals surface area contributed by atoms with Gasteiger partial charge in [-0.2, -0.15) is 0 Å². The fraction of sp³-hybridized carbons (Fsp3) is 0.571. The molecule has 2 N–H and O–H groups in total. The average molecular weight is 235 g/mol. The summed E-state index contributed by atoms with van der Waals surface area (Å²) < 4.78 is 11.7. The molecule has 1 aliphatic rings. The first-order chi connectivity index (χ1) is 8.03. The number of fused-ring (bicyclic) bond motifs is 1. The fourth-order valence-electron chi connectivity index (χ4n) is 2.29. The standard InChI is InChI=1S/C14H21NO2/c1-4-8-16-11-6-5-7-12-13(11)10(15)9-14(2,3)17-12/h5-7,10H,4,8-9,15H2,1-3H3. The Balaban J connectivity index is 2.34. The molecule has 3 heteroatoms. The largest absolute Gasteiger partial charge is 0.493 e. The molecule has 1 heterocycles. The lowest BCUT2D eigenvalue weighted by Crippen LogP contribution is -2.37. The number of benzene rings is 1. The molecule has 0 aliphatic carbocycles. The quantitative estimate of drug-likeness (QED) is 0.875. The van der Waals surface area contributed by atoms with Gasteiger partial charge in [-0.05, 0) is 32.4 Å². The van der Waals surface area contributed by atoms with E-state index in [1.54, 1.807) is 0 Å². The predicted octanol–water partition coefficient (Wildman–Crippen LogP) is 3.04. The van der Waals surface area contributed by atoms with Crippen LogP contribution in [-0.2, 0) is 0 Å². The molecule has 1 atom stereocenters. The first-order valence-corrected chi connectivity index (χ1v) is 6.24. The molecule has 0 saturated heterocycles. The van der Waals surface area contributed by atoms with Crippen LogP contribution in [0.2, 0.25) is 0 Å². The highest BCUT2D eigenvalue weighted by Crippen LogP contribution is 2.42. The van der Waals surface area contributed by atoms with Gasteiger partial charge >= 0.3 is 0 Å². The normalized spacial score (nSPS) is 21.5. The zero-order valence-corrected chi connectivity index (χ0v) is 10.8. The summed E-state index contributed by atoms with van der Waals surface area (Å²) in [5.41, 5.74) is 7.05. The van der Waals surface area contributed by atoms with Gasteiger partial charge < -0.3 is 15.2 Å². The minimum atomic E-state index is -0.199. The second-order valence-corrected chi connectivity index (χ2v) is 5.19. The zero-order valence-electron chi connectivity index (χ0n) is 10.8. The number of ether oxygens (including phenoxy) is 2. The van der Waals surface area contributed by atoms with Crippen LogP contribution in [0, 0.1) is 0 Å². The van der Waals surface area contributed by atoms with E-state index in [1.165, 1.54) is 0 Å². The van der Waals surface area contributed by atoms with Gasteiger partial charge in [-0.25, -0.2) is 0 Å².